The van der Waals surface area contributed by atoms with Gasteiger partial charge in [0.05, 0.1) is 16.6 Å². The predicted molar refractivity (Wildman–Crippen MR) is 106 cm³/mol. The minimum atomic E-state index is -3.31. The summed E-state index contributed by atoms with van der Waals surface area (Å²) in [7, 11) is -3.31. The van der Waals surface area contributed by atoms with Crippen molar-refractivity contribution in [1.29, 1.82) is 0 Å². The van der Waals surface area contributed by atoms with Crippen LogP contribution in [0.5, 0.6) is 0 Å². The second-order valence-corrected chi connectivity index (χ2v) is 9.36. The van der Waals surface area contributed by atoms with Gasteiger partial charge in [-0.1, -0.05) is 17.2 Å². The number of amides is 1. The minimum absolute atomic E-state index is 0.0206. The highest BCUT2D eigenvalue weighted by Crippen LogP contribution is 2.18. The maximum atomic E-state index is 12.3. The molecule has 0 saturated carbocycles. The van der Waals surface area contributed by atoms with Crippen LogP contribution >= 0.6 is 0 Å². The van der Waals surface area contributed by atoms with E-state index in [1.807, 2.05) is 13.8 Å². The van der Waals surface area contributed by atoms with Crippen LogP contribution in [0.1, 0.15) is 48.4 Å². The molecule has 0 aliphatic heterocycles. The molecule has 3 rings (SSSR count). The molecule has 29 heavy (non-hydrogen) atoms. The largest absolute Gasteiger partial charge is 0.407 e. The highest BCUT2D eigenvalue weighted by atomic mass is 32.2. The standard InChI is InChI=1S/C19H23N5O4S/c1-5-24-13(4)10-16(23-24)18(25)20-19-22-21-17(28-19)11-14-6-8-15(9-7-14)29(26,27)12(2)3/h6-10,12H,5,11H2,1-4H3,(H,20,22,25). The number of carbonyl (C=O) groups excluding carboxylic acids is 1. The smallest absolute Gasteiger partial charge is 0.322 e. The number of nitrogens with one attached hydrogen (secondary N) is 1. The quantitative estimate of drug-likeness (QED) is 0.627. The van der Waals surface area contributed by atoms with Crippen molar-refractivity contribution < 1.29 is 17.6 Å². The van der Waals surface area contributed by atoms with Gasteiger partial charge in [0.15, 0.2) is 15.5 Å². The van der Waals surface area contributed by atoms with E-state index in [4.69, 9.17) is 4.42 Å². The second-order valence-electron chi connectivity index (χ2n) is 6.86. The summed E-state index contributed by atoms with van der Waals surface area (Å²) in [5.41, 5.74) is 1.96. The molecule has 0 aliphatic rings. The van der Waals surface area contributed by atoms with Crippen molar-refractivity contribution >= 4 is 21.8 Å². The van der Waals surface area contributed by atoms with Crippen LogP contribution in [0.15, 0.2) is 39.6 Å². The number of hydrogen-bond donors (Lipinski definition) is 1. The molecule has 0 unspecified atom stereocenters. The van der Waals surface area contributed by atoms with Gasteiger partial charge in [-0.3, -0.25) is 14.8 Å². The molecule has 3 aromatic rings. The number of sulfone groups is 1. The lowest BCUT2D eigenvalue weighted by molar-refractivity contribution is 0.101. The fraction of sp³-hybridized carbons (Fsp3) is 0.368. The number of aryl methyl sites for hydroxylation is 2. The molecule has 0 bridgehead atoms. The van der Waals surface area contributed by atoms with E-state index in [1.54, 1.807) is 48.9 Å². The Labute approximate surface area is 169 Å². The maximum Gasteiger partial charge on any atom is 0.322 e. The van der Waals surface area contributed by atoms with E-state index in [1.165, 1.54) is 0 Å². The fourth-order valence-corrected chi connectivity index (χ4v) is 3.78. The van der Waals surface area contributed by atoms with Crippen LogP contribution in [0, 0.1) is 6.92 Å². The van der Waals surface area contributed by atoms with Crippen LogP contribution in [-0.2, 0) is 22.8 Å². The van der Waals surface area contributed by atoms with Gasteiger partial charge in [0, 0.05) is 12.2 Å². The Bertz CT molecular complexity index is 1110. The van der Waals surface area contributed by atoms with Crippen molar-refractivity contribution in [3.8, 4) is 0 Å². The molecule has 10 heteroatoms. The molecule has 154 valence electrons. The van der Waals surface area contributed by atoms with Gasteiger partial charge in [0.25, 0.3) is 5.91 Å². The highest BCUT2D eigenvalue weighted by molar-refractivity contribution is 7.92. The Hall–Kier alpha value is -3.01. The number of anilines is 1. The minimum Gasteiger partial charge on any atom is -0.407 e. The van der Waals surface area contributed by atoms with Crippen molar-refractivity contribution in [2.45, 2.75) is 50.8 Å². The van der Waals surface area contributed by atoms with Gasteiger partial charge >= 0.3 is 6.01 Å². The van der Waals surface area contributed by atoms with E-state index >= 15 is 0 Å². The molecular weight excluding hydrogens is 394 g/mol. The van der Waals surface area contributed by atoms with Gasteiger partial charge in [-0.15, -0.1) is 5.10 Å². The molecule has 0 spiro atoms. The first kappa shape index (κ1) is 20.7. The second kappa shape index (κ2) is 8.16. The number of benzene rings is 1. The molecule has 0 aliphatic carbocycles. The summed E-state index contributed by atoms with van der Waals surface area (Å²) in [6, 6.07) is 8.21. The summed E-state index contributed by atoms with van der Waals surface area (Å²) in [6.45, 7) is 7.77. The first-order chi connectivity index (χ1) is 13.7. The van der Waals surface area contributed by atoms with Crippen molar-refractivity contribution in [1.82, 2.24) is 20.0 Å². The van der Waals surface area contributed by atoms with Crippen LogP contribution in [0.3, 0.4) is 0 Å². The molecule has 0 atom stereocenters. The SMILES string of the molecule is CCn1nc(C(=O)Nc2nnc(Cc3ccc(S(=O)(=O)C(C)C)cc3)o2)cc1C. The summed E-state index contributed by atoms with van der Waals surface area (Å²) in [6.07, 6.45) is 0.314. The molecule has 0 radical (unpaired) electrons. The number of aromatic nitrogens is 4. The molecule has 1 N–H and O–H groups in total. The van der Waals surface area contributed by atoms with Gasteiger partial charge in [-0.25, -0.2) is 8.42 Å². The zero-order chi connectivity index (χ0) is 21.2. The van der Waals surface area contributed by atoms with Gasteiger partial charge < -0.3 is 4.42 Å². The first-order valence-electron chi connectivity index (χ1n) is 9.21. The van der Waals surface area contributed by atoms with E-state index in [0.717, 1.165) is 11.3 Å². The topological polar surface area (TPSA) is 120 Å². The Morgan fingerprint density at radius 3 is 2.48 bits per heavy atom. The van der Waals surface area contributed by atoms with E-state index < -0.39 is 21.0 Å². The van der Waals surface area contributed by atoms with E-state index in [-0.39, 0.29) is 16.6 Å². The first-order valence-corrected chi connectivity index (χ1v) is 10.8. The third-order valence-corrected chi connectivity index (χ3v) is 6.60. The third kappa shape index (κ3) is 4.53. The Morgan fingerprint density at radius 1 is 1.21 bits per heavy atom. The van der Waals surface area contributed by atoms with Gasteiger partial charge in [0.1, 0.15) is 0 Å². The summed E-state index contributed by atoms with van der Waals surface area (Å²) >= 11 is 0. The third-order valence-electron chi connectivity index (χ3n) is 4.43. The normalized spacial score (nSPS) is 11.8. The summed E-state index contributed by atoms with van der Waals surface area (Å²) in [5, 5.41) is 14.0. The van der Waals surface area contributed by atoms with E-state index in [0.29, 0.717) is 18.9 Å². The Kier molecular flexibility index (Phi) is 5.83. The average molecular weight is 417 g/mol. The lowest BCUT2D eigenvalue weighted by Gasteiger charge is -2.08. The maximum absolute atomic E-state index is 12.3. The Morgan fingerprint density at radius 2 is 1.90 bits per heavy atom. The van der Waals surface area contributed by atoms with E-state index in [2.05, 4.69) is 20.6 Å². The molecule has 1 aromatic carbocycles. The monoisotopic (exact) mass is 417 g/mol. The van der Waals surface area contributed by atoms with Crippen LogP contribution in [0.25, 0.3) is 0 Å². The fourth-order valence-electron chi connectivity index (χ4n) is 2.72. The number of hydrogen-bond acceptors (Lipinski definition) is 7. The van der Waals surface area contributed by atoms with Crippen molar-refractivity contribution in [3.05, 3.63) is 53.2 Å². The van der Waals surface area contributed by atoms with E-state index in [9.17, 15) is 13.2 Å². The van der Waals surface area contributed by atoms with Crippen molar-refractivity contribution in [2.24, 2.45) is 0 Å². The number of nitrogens with zero attached hydrogens (tertiary/aromatic N) is 4. The molecule has 0 fully saturated rings. The average Bonchev–Trinajstić information content (AvgIpc) is 3.28. The highest BCUT2D eigenvalue weighted by Gasteiger charge is 2.19. The number of rotatable bonds is 7. The predicted octanol–water partition coefficient (Wildman–Crippen LogP) is 2.62. The zero-order valence-corrected chi connectivity index (χ0v) is 17.5. The number of carbonyl (C=O) groups is 1. The molecular formula is C19H23N5O4S. The van der Waals surface area contributed by atoms with Crippen LogP contribution in [-0.4, -0.2) is 39.6 Å². The van der Waals surface area contributed by atoms with Crippen LogP contribution in [0.4, 0.5) is 6.01 Å². The van der Waals surface area contributed by atoms with Gasteiger partial charge in [-0.2, -0.15) is 5.10 Å². The molecule has 9 nitrogen and oxygen atoms in total. The molecule has 0 saturated heterocycles. The Balaban J connectivity index is 1.66. The van der Waals surface area contributed by atoms with Gasteiger partial charge in [0.2, 0.25) is 5.89 Å². The van der Waals surface area contributed by atoms with Crippen LogP contribution < -0.4 is 5.32 Å². The lowest BCUT2D eigenvalue weighted by atomic mass is 10.1. The lowest BCUT2D eigenvalue weighted by Crippen LogP contribution is -2.13. The molecule has 2 heterocycles. The summed E-state index contributed by atoms with van der Waals surface area (Å²) in [5.74, 6) is -0.131. The van der Waals surface area contributed by atoms with Gasteiger partial charge in [-0.05, 0) is 51.5 Å². The van der Waals surface area contributed by atoms with Crippen LogP contribution in [0.2, 0.25) is 0 Å². The summed E-state index contributed by atoms with van der Waals surface area (Å²) < 4.78 is 31.5. The molecule has 2 aromatic heterocycles. The zero-order valence-electron chi connectivity index (χ0n) is 16.7. The molecule has 1 amide bonds. The van der Waals surface area contributed by atoms with Crippen molar-refractivity contribution in [3.63, 3.8) is 0 Å². The summed E-state index contributed by atoms with van der Waals surface area (Å²) in [4.78, 5) is 12.6. The van der Waals surface area contributed by atoms with Crippen molar-refractivity contribution in [2.75, 3.05) is 5.32 Å².